The second kappa shape index (κ2) is 9.17. The zero-order valence-electron chi connectivity index (χ0n) is 14.6. The minimum Gasteiger partial charge on any atom is -0.465 e. The molecule has 2 rings (SSSR count). The third-order valence-corrected chi connectivity index (χ3v) is 3.49. The van der Waals surface area contributed by atoms with Crippen molar-refractivity contribution in [2.45, 2.75) is 13.3 Å². The molecular formula is C20H20N2O4. The Bertz CT molecular complexity index is 826. The molecule has 0 atom stereocenters. The molecule has 2 aromatic carbocycles. The Balaban J connectivity index is 1.97. The van der Waals surface area contributed by atoms with Crippen LogP contribution >= 0.6 is 0 Å². The number of amides is 2. The number of nitrogens with one attached hydrogen (secondary N) is 2. The number of carbonyl (C=O) groups is 3. The molecule has 0 aliphatic carbocycles. The van der Waals surface area contributed by atoms with Gasteiger partial charge in [0.15, 0.2) is 0 Å². The van der Waals surface area contributed by atoms with E-state index in [9.17, 15) is 14.4 Å². The lowest BCUT2D eigenvalue weighted by atomic mass is 10.1. The van der Waals surface area contributed by atoms with E-state index in [2.05, 4.69) is 15.4 Å². The molecule has 6 heteroatoms. The van der Waals surface area contributed by atoms with E-state index in [1.165, 1.54) is 13.2 Å². The molecule has 134 valence electrons. The molecule has 0 fully saturated rings. The van der Waals surface area contributed by atoms with Gasteiger partial charge in [-0.05, 0) is 42.0 Å². The Kier molecular flexibility index (Phi) is 6.68. The van der Waals surface area contributed by atoms with Gasteiger partial charge in [-0.3, -0.25) is 9.59 Å². The molecule has 2 aromatic rings. The molecule has 0 heterocycles. The van der Waals surface area contributed by atoms with Gasteiger partial charge < -0.3 is 15.4 Å². The van der Waals surface area contributed by atoms with Crippen LogP contribution in [-0.4, -0.2) is 24.9 Å². The largest absolute Gasteiger partial charge is 0.465 e. The van der Waals surface area contributed by atoms with E-state index in [1.54, 1.807) is 61.5 Å². The molecule has 0 radical (unpaired) electrons. The summed E-state index contributed by atoms with van der Waals surface area (Å²) < 4.78 is 4.63. The summed E-state index contributed by atoms with van der Waals surface area (Å²) in [5.74, 6) is -0.807. The molecule has 0 unspecified atom stereocenters. The average molecular weight is 352 g/mol. The summed E-state index contributed by atoms with van der Waals surface area (Å²) in [6.07, 6.45) is 3.41. The normalized spacial score (nSPS) is 10.4. The summed E-state index contributed by atoms with van der Waals surface area (Å²) in [5.41, 5.74) is 2.42. The Hall–Kier alpha value is -3.41. The second-order valence-corrected chi connectivity index (χ2v) is 5.42. The van der Waals surface area contributed by atoms with Crippen molar-refractivity contribution < 1.29 is 19.1 Å². The fourth-order valence-electron chi connectivity index (χ4n) is 2.13. The average Bonchev–Trinajstić information content (AvgIpc) is 2.66. The monoisotopic (exact) mass is 352 g/mol. The zero-order chi connectivity index (χ0) is 18.9. The Morgan fingerprint density at radius 3 is 2.27 bits per heavy atom. The number of esters is 1. The lowest BCUT2D eigenvalue weighted by molar-refractivity contribution is -0.116. The van der Waals surface area contributed by atoms with E-state index < -0.39 is 5.97 Å². The molecule has 0 bridgehead atoms. The highest BCUT2D eigenvalue weighted by atomic mass is 16.5. The Morgan fingerprint density at radius 2 is 1.65 bits per heavy atom. The van der Waals surface area contributed by atoms with E-state index >= 15 is 0 Å². The van der Waals surface area contributed by atoms with Crippen molar-refractivity contribution in [1.82, 2.24) is 0 Å². The molecular weight excluding hydrogens is 332 g/mol. The Morgan fingerprint density at radius 1 is 1.00 bits per heavy atom. The minimum atomic E-state index is -0.409. The van der Waals surface area contributed by atoms with Crippen molar-refractivity contribution in [2.24, 2.45) is 0 Å². The summed E-state index contributed by atoms with van der Waals surface area (Å²) in [4.78, 5) is 34.8. The van der Waals surface area contributed by atoms with Crippen LogP contribution in [0.15, 0.2) is 54.6 Å². The van der Waals surface area contributed by atoms with Crippen molar-refractivity contribution in [2.75, 3.05) is 17.7 Å². The van der Waals surface area contributed by atoms with Crippen molar-refractivity contribution >= 4 is 35.2 Å². The van der Waals surface area contributed by atoms with Gasteiger partial charge in [-0.15, -0.1) is 0 Å². The van der Waals surface area contributed by atoms with Crippen LogP contribution in [0.1, 0.15) is 29.3 Å². The number of methoxy groups -OCH3 is 1. The predicted octanol–water partition coefficient (Wildman–Crippen LogP) is 3.47. The molecule has 0 aromatic heterocycles. The maximum Gasteiger partial charge on any atom is 0.337 e. The summed E-state index contributed by atoms with van der Waals surface area (Å²) in [5, 5.41) is 5.47. The zero-order valence-corrected chi connectivity index (χ0v) is 14.6. The molecule has 26 heavy (non-hydrogen) atoms. The van der Waals surface area contributed by atoms with Crippen LogP contribution in [0, 0.1) is 0 Å². The van der Waals surface area contributed by atoms with Crippen molar-refractivity contribution in [3.05, 3.63) is 65.7 Å². The van der Waals surface area contributed by atoms with Crippen LogP contribution in [0.4, 0.5) is 11.4 Å². The number of hydrogen-bond donors (Lipinski definition) is 2. The SMILES string of the molecule is CCC(=O)Nc1cccc(NC(=O)/C=C/c2ccc(C(=O)OC)cc2)c1. The molecule has 0 saturated heterocycles. The standard InChI is InChI=1S/C20H20N2O4/c1-3-18(23)21-16-5-4-6-17(13-16)22-19(24)12-9-14-7-10-15(11-8-14)20(25)26-2/h4-13H,3H2,1-2H3,(H,21,23)(H,22,24)/b12-9+. The fraction of sp³-hybridized carbons (Fsp3) is 0.150. The summed E-state index contributed by atoms with van der Waals surface area (Å²) in [6, 6.07) is 13.6. The summed E-state index contributed by atoms with van der Waals surface area (Å²) >= 11 is 0. The van der Waals surface area contributed by atoms with Gasteiger partial charge in [0, 0.05) is 23.9 Å². The number of benzene rings is 2. The van der Waals surface area contributed by atoms with E-state index in [0.717, 1.165) is 5.56 Å². The van der Waals surface area contributed by atoms with Crippen LogP contribution in [0.3, 0.4) is 0 Å². The molecule has 2 amide bonds. The first-order chi connectivity index (χ1) is 12.5. The van der Waals surface area contributed by atoms with Gasteiger partial charge in [0.25, 0.3) is 0 Å². The quantitative estimate of drug-likeness (QED) is 0.616. The molecule has 0 saturated carbocycles. The number of hydrogen-bond acceptors (Lipinski definition) is 4. The number of carbonyl (C=O) groups excluding carboxylic acids is 3. The first-order valence-corrected chi connectivity index (χ1v) is 8.09. The van der Waals surface area contributed by atoms with Crippen LogP contribution < -0.4 is 10.6 Å². The molecule has 2 N–H and O–H groups in total. The number of rotatable bonds is 6. The van der Waals surface area contributed by atoms with Gasteiger partial charge in [-0.25, -0.2) is 4.79 Å². The Labute approximate surface area is 151 Å². The third-order valence-electron chi connectivity index (χ3n) is 3.49. The lowest BCUT2D eigenvalue weighted by Crippen LogP contribution is -2.11. The predicted molar refractivity (Wildman–Crippen MR) is 101 cm³/mol. The van der Waals surface area contributed by atoms with Crippen molar-refractivity contribution in [1.29, 1.82) is 0 Å². The van der Waals surface area contributed by atoms with Gasteiger partial charge in [0.05, 0.1) is 12.7 Å². The second-order valence-electron chi connectivity index (χ2n) is 5.42. The molecule has 0 aliphatic heterocycles. The fourth-order valence-corrected chi connectivity index (χ4v) is 2.13. The molecule has 0 aliphatic rings. The van der Waals surface area contributed by atoms with Crippen LogP contribution in [-0.2, 0) is 14.3 Å². The van der Waals surface area contributed by atoms with E-state index in [4.69, 9.17) is 0 Å². The highest BCUT2D eigenvalue weighted by Gasteiger charge is 2.04. The van der Waals surface area contributed by atoms with Crippen LogP contribution in [0.25, 0.3) is 6.08 Å². The summed E-state index contributed by atoms with van der Waals surface area (Å²) in [6.45, 7) is 1.77. The first-order valence-electron chi connectivity index (χ1n) is 8.09. The maximum absolute atomic E-state index is 12.0. The van der Waals surface area contributed by atoms with E-state index in [-0.39, 0.29) is 11.8 Å². The molecule has 6 nitrogen and oxygen atoms in total. The van der Waals surface area contributed by atoms with Gasteiger partial charge in [-0.1, -0.05) is 25.1 Å². The third kappa shape index (κ3) is 5.59. The summed E-state index contributed by atoms with van der Waals surface area (Å²) in [7, 11) is 1.32. The first kappa shape index (κ1) is 18.9. The highest BCUT2D eigenvalue weighted by molar-refractivity contribution is 6.02. The lowest BCUT2D eigenvalue weighted by Gasteiger charge is -2.07. The van der Waals surface area contributed by atoms with E-state index in [1.807, 2.05) is 0 Å². The highest BCUT2D eigenvalue weighted by Crippen LogP contribution is 2.15. The maximum atomic E-state index is 12.0. The van der Waals surface area contributed by atoms with Gasteiger partial charge >= 0.3 is 5.97 Å². The number of anilines is 2. The van der Waals surface area contributed by atoms with Gasteiger partial charge in [0.2, 0.25) is 11.8 Å². The smallest absolute Gasteiger partial charge is 0.337 e. The topological polar surface area (TPSA) is 84.5 Å². The van der Waals surface area contributed by atoms with Crippen LogP contribution in [0.5, 0.6) is 0 Å². The van der Waals surface area contributed by atoms with Gasteiger partial charge in [-0.2, -0.15) is 0 Å². The molecule has 0 spiro atoms. The number of ether oxygens (including phenoxy) is 1. The van der Waals surface area contributed by atoms with Crippen molar-refractivity contribution in [3.63, 3.8) is 0 Å². The van der Waals surface area contributed by atoms with Gasteiger partial charge in [0.1, 0.15) is 0 Å². The van der Waals surface area contributed by atoms with E-state index in [0.29, 0.717) is 23.4 Å². The van der Waals surface area contributed by atoms with Crippen molar-refractivity contribution in [3.8, 4) is 0 Å². The minimum absolute atomic E-state index is 0.0937. The van der Waals surface area contributed by atoms with Crippen LogP contribution in [0.2, 0.25) is 0 Å².